The fraction of sp³-hybridized carbons (Fsp3) is 0.438. The number of nitrogens with zero attached hydrogens (tertiary/aromatic N) is 2. The zero-order valence-corrected chi connectivity index (χ0v) is 12.5. The van der Waals surface area contributed by atoms with E-state index >= 15 is 0 Å². The molecule has 0 aliphatic heterocycles. The Balaban J connectivity index is 1.99. The average molecular weight is 289 g/mol. The first-order valence-corrected chi connectivity index (χ1v) is 7.39. The maximum absolute atomic E-state index is 5.89. The Morgan fingerprint density at radius 1 is 1.24 bits per heavy atom. The van der Waals surface area contributed by atoms with Gasteiger partial charge in [0.25, 0.3) is 0 Å². The molecule has 2 rings (SSSR count). The lowest BCUT2D eigenvalue weighted by Gasteiger charge is -2.13. The molecule has 1 aromatic heterocycles. The summed E-state index contributed by atoms with van der Waals surface area (Å²) in [5, 5.41) is 4.16. The van der Waals surface area contributed by atoms with E-state index in [1.165, 1.54) is 0 Å². The van der Waals surface area contributed by atoms with Crippen molar-refractivity contribution in [1.82, 2.24) is 9.78 Å². The summed E-state index contributed by atoms with van der Waals surface area (Å²) in [5.41, 5.74) is 6.77. The number of aromatic nitrogens is 2. The van der Waals surface area contributed by atoms with Gasteiger partial charge < -0.3 is 15.2 Å². The molecule has 2 aromatic rings. The predicted molar refractivity (Wildman–Crippen MR) is 82.7 cm³/mol. The maximum Gasteiger partial charge on any atom is 0.126 e. The van der Waals surface area contributed by atoms with Crippen LogP contribution >= 0.6 is 0 Å². The van der Waals surface area contributed by atoms with Gasteiger partial charge >= 0.3 is 0 Å². The van der Waals surface area contributed by atoms with Gasteiger partial charge in [-0.1, -0.05) is 13.0 Å². The van der Waals surface area contributed by atoms with Crippen molar-refractivity contribution >= 4 is 0 Å². The lowest BCUT2D eigenvalue weighted by atomic mass is 10.1. The third-order valence-corrected chi connectivity index (χ3v) is 3.06. The molecule has 21 heavy (non-hydrogen) atoms. The van der Waals surface area contributed by atoms with E-state index in [0.717, 1.165) is 36.4 Å². The first-order chi connectivity index (χ1) is 10.3. The Bertz CT molecular complexity index is 526. The van der Waals surface area contributed by atoms with Crippen molar-refractivity contribution in [3.8, 4) is 11.5 Å². The summed E-state index contributed by atoms with van der Waals surface area (Å²) in [6.07, 6.45) is 5.47. The summed E-state index contributed by atoms with van der Waals surface area (Å²) in [4.78, 5) is 0. The van der Waals surface area contributed by atoms with E-state index in [0.29, 0.717) is 19.8 Å². The Labute approximate surface area is 125 Å². The second-order valence-corrected chi connectivity index (χ2v) is 4.77. The van der Waals surface area contributed by atoms with Crippen LogP contribution in [-0.4, -0.2) is 29.5 Å². The first-order valence-electron chi connectivity index (χ1n) is 7.39. The SMILES string of the molecule is CCCOc1ccc(CCN)c(OCCn2cccn2)c1. The van der Waals surface area contributed by atoms with Crippen LogP contribution in [0.15, 0.2) is 36.7 Å². The van der Waals surface area contributed by atoms with Gasteiger partial charge in [0.2, 0.25) is 0 Å². The number of benzene rings is 1. The maximum atomic E-state index is 5.89. The molecule has 1 heterocycles. The van der Waals surface area contributed by atoms with Crippen molar-refractivity contribution in [3.63, 3.8) is 0 Å². The smallest absolute Gasteiger partial charge is 0.126 e. The van der Waals surface area contributed by atoms with Crippen molar-refractivity contribution in [2.45, 2.75) is 26.3 Å². The minimum atomic E-state index is 0.566. The Morgan fingerprint density at radius 3 is 2.86 bits per heavy atom. The molecule has 0 atom stereocenters. The number of rotatable bonds is 9. The van der Waals surface area contributed by atoms with Crippen LogP contribution in [-0.2, 0) is 13.0 Å². The fourth-order valence-electron chi connectivity index (χ4n) is 2.02. The third kappa shape index (κ3) is 4.79. The van der Waals surface area contributed by atoms with Gasteiger partial charge in [0.1, 0.15) is 18.1 Å². The fourth-order valence-corrected chi connectivity index (χ4v) is 2.02. The highest BCUT2D eigenvalue weighted by Gasteiger charge is 2.06. The van der Waals surface area contributed by atoms with Gasteiger partial charge in [0, 0.05) is 18.5 Å². The molecule has 114 valence electrons. The number of nitrogens with two attached hydrogens (primary N) is 1. The predicted octanol–water partition coefficient (Wildman–Crippen LogP) is 2.25. The number of hydrogen-bond donors (Lipinski definition) is 1. The van der Waals surface area contributed by atoms with Crippen LogP contribution in [0.25, 0.3) is 0 Å². The van der Waals surface area contributed by atoms with Crippen molar-refractivity contribution < 1.29 is 9.47 Å². The Kier molecular flexibility index (Phi) is 6.09. The summed E-state index contributed by atoms with van der Waals surface area (Å²) < 4.78 is 13.4. The molecule has 0 saturated carbocycles. The van der Waals surface area contributed by atoms with Gasteiger partial charge in [-0.05, 0) is 37.1 Å². The lowest BCUT2D eigenvalue weighted by molar-refractivity contribution is 0.282. The van der Waals surface area contributed by atoms with E-state index in [4.69, 9.17) is 15.2 Å². The molecule has 2 N–H and O–H groups in total. The largest absolute Gasteiger partial charge is 0.493 e. The molecule has 0 unspecified atom stereocenters. The highest BCUT2D eigenvalue weighted by atomic mass is 16.5. The minimum Gasteiger partial charge on any atom is -0.493 e. The molecule has 0 amide bonds. The summed E-state index contributed by atoms with van der Waals surface area (Å²) in [7, 11) is 0. The average Bonchev–Trinajstić information content (AvgIpc) is 3.01. The van der Waals surface area contributed by atoms with Crippen molar-refractivity contribution in [3.05, 3.63) is 42.2 Å². The molecule has 0 radical (unpaired) electrons. The van der Waals surface area contributed by atoms with Gasteiger partial charge in [-0.15, -0.1) is 0 Å². The van der Waals surface area contributed by atoms with Gasteiger partial charge in [-0.2, -0.15) is 5.10 Å². The minimum absolute atomic E-state index is 0.566. The van der Waals surface area contributed by atoms with E-state index in [1.807, 2.05) is 35.1 Å². The van der Waals surface area contributed by atoms with Crippen LogP contribution in [0.3, 0.4) is 0 Å². The quantitative estimate of drug-likeness (QED) is 0.769. The Morgan fingerprint density at radius 2 is 2.14 bits per heavy atom. The summed E-state index contributed by atoms with van der Waals surface area (Å²) >= 11 is 0. The highest BCUT2D eigenvalue weighted by molar-refractivity contribution is 5.41. The molecule has 0 saturated heterocycles. The second-order valence-electron chi connectivity index (χ2n) is 4.77. The third-order valence-electron chi connectivity index (χ3n) is 3.06. The molecule has 5 heteroatoms. The normalized spacial score (nSPS) is 10.6. The summed E-state index contributed by atoms with van der Waals surface area (Å²) in [6, 6.07) is 7.85. The topological polar surface area (TPSA) is 62.3 Å². The van der Waals surface area contributed by atoms with Crippen molar-refractivity contribution in [2.75, 3.05) is 19.8 Å². The van der Waals surface area contributed by atoms with Gasteiger partial charge in [-0.3, -0.25) is 4.68 Å². The van der Waals surface area contributed by atoms with Gasteiger partial charge in [-0.25, -0.2) is 0 Å². The van der Waals surface area contributed by atoms with Crippen LogP contribution in [0, 0.1) is 0 Å². The summed E-state index contributed by atoms with van der Waals surface area (Å²) in [6.45, 7) is 4.68. The van der Waals surface area contributed by atoms with E-state index in [-0.39, 0.29) is 0 Å². The Hall–Kier alpha value is -2.01. The van der Waals surface area contributed by atoms with Crippen LogP contribution in [0.1, 0.15) is 18.9 Å². The highest BCUT2D eigenvalue weighted by Crippen LogP contribution is 2.25. The lowest BCUT2D eigenvalue weighted by Crippen LogP contribution is -2.11. The standard InChI is InChI=1S/C16H23N3O2/c1-2-11-20-15-5-4-14(6-7-17)16(13-15)21-12-10-19-9-3-8-18-19/h3-5,8-9,13H,2,6-7,10-12,17H2,1H3. The molecule has 1 aromatic carbocycles. The monoisotopic (exact) mass is 289 g/mol. The van der Waals surface area contributed by atoms with Gasteiger partial charge in [0.15, 0.2) is 0 Å². The van der Waals surface area contributed by atoms with E-state index < -0.39 is 0 Å². The van der Waals surface area contributed by atoms with E-state index in [1.54, 1.807) is 6.20 Å². The van der Waals surface area contributed by atoms with E-state index in [9.17, 15) is 0 Å². The van der Waals surface area contributed by atoms with Crippen molar-refractivity contribution in [2.24, 2.45) is 5.73 Å². The first kappa shape index (κ1) is 15.4. The molecule has 0 spiro atoms. The number of hydrogen-bond acceptors (Lipinski definition) is 4. The molecular weight excluding hydrogens is 266 g/mol. The zero-order valence-electron chi connectivity index (χ0n) is 12.5. The molecule has 0 fully saturated rings. The molecule has 0 aliphatic carbocycles. The molecular formula is C16H23N3O2. The van der Waals surface area contributed by atoms with E-state index in [2.05, 4.69) is 12.0 Å². The summed E-state index contributed by atoms with van der Waals surface area (Å²) in [5.74, 6) is 1.69. The molecule has 5 nitrogen and oxygen atoms in total. The second kappa shape index (κ2) is 8.32. The number of ether oxygens (including phenoxy) is 2. The van der Waals surface area contributed by atoms with Crippen LogP contribution < -0.4 is 15.2 Å². The zero-order chi connectivity index (χ0) is 14.9. The van der Waals surface area contributed by atoms with Gasteiger partial charge in [0.05, 0.1) is 13.2 Å². The van der Waals surface area contributed by atoms with Crippen LogP contribution in [0.4, 0.5) is 0 Å². The van der Waals surface area contributed by atoms with Crippen LogP contribution in [0.2, 0.25) is 0 Å². The molecule has 0 bridgehead atoms. The molecule has 0 aliphatic rings. The van der Waals surface area contributed by atoms with Crippen LogP contribution in [0.5, 0.6) is 11.5 Å². The van der Waals surface area contributed by atoms with Crippen molar-refractivity contribution in [1.29, 1.82) is 0 Å².